The first kappa shape index (κ1) is 19.3. The number of nitrogens with zero attached hydrogens (tertiary/aromatic N) is 3. The second-order valence-electron chi connectivity index (χ2n) is 9.75. The maximum absolute atomic E-state index is 13.0. The number of amides is 1. The number of H-pyrrole nitrogens is 1. The monoisotopic (exact) mass is 398 g/mol. The molecule has 0 spiro atoms. The third-order valence-electron chi connectivity index (χ3n) is 7.74. The van der Waals surface area contributed by atoms with E-state index in [2.05, 4.69) is 16.8 Å². The molecule has 0 radical (unpaired) electrons. The van der Waals surface area contributed by atoms with E-state index in [1.165, 1.54) is 32.1 Å². The summed E-state index contributed by atoms with van der Waals surface area (Å²) >= 11 is 0. The zero-order valence-corrected chi connectivity index (χ0v) is 17.7. The molecule has 1 aromatic heterocycles. The number of likely N-dealkylation sites (tertiary alicyclic amines) is 1. The molecule has 2 aliphatic carbocycles. The first-order chi connectivity index (χ1) is 14.1. The standard InChI is InChI=1S/C23H34N4O2/c1-15-13-18(15)23(29)27-11-6-5-9-20(27)21-24-19-14-26(16-7-3-2-4-8-16)12-10-17(19)22(28)25-21/h15-16,18,20H,2-14H2,1H3,(H,24,25,28)/t15-,18+,20+/m0/s1. The summed E-state index contributed by atoms with van der Waals surface area (Å²) in [5.41, 5.74) is 1.84. The molecule has 0 aromatic carbocycles. The van der Waals surface area contributed by atoms with Crippen LogP contribution in [0.5, 0.6) is 0 Å². The number of nitrogens with one attached hydrogen (secondary N) is 1. The van der Waals surface area contributed by atoms with Crippen molar-refractivity contribution in [2.45, 2.75) is 89.8 Å². The van der Waals surface area contributed by atoms with Crippen molar-refractivity contribution in [1.29, 1.82) is 0 Å². The zero-order valence-electron chi connectivity index (χ0n) is 17.7. The molecule has 3 atom stereocenters. The van der Waals surface area contributed by atoms with Gasteiger partial charge in [0.2, 0.25) is 5.91 Å². The van der Waals surface area contributed by atoms with Gasteiger partial charge in [0.05, 0.1) is 11.7 Å². The Bertz CT molecular complexity index is 829. The molecular weight excluding hydrogens is 364 g/mol. The molecule has 1 amide bonds. The van der Waals surface area contributed by atoms with Gasteiger partial charge in [0.1, 0.15) is 5.82 Å². The van der Waals surface area contributed by atoms with E-state index < -0.39 is 0 Å². The van der Waals surface area contributed by atoms with Crippen LogP contribution < -0.4 is 5.56 Å². The van der Waals surface area contributed by atoms with Crippen LogP contribution in [0.15, 0.2) is 4.79 Å². The first-order valence-electron chi connectivity index (χ1n) is 11.8. The number of hydrogen-bond acceptors (Lipinski definition) is 4. The molecule has 158 valence electrons. The molecule has 1 saturated heterocycles. The smallest absolute Gasteiger partial charge is 0.254 e. The lowest BCUT2D eigenvalue weighted by molar-refractivity contribution is -0.137. The molecule has 1 aromatic rings. The molecule has 5 rings (SSSR count). The minimum Gasteiger partial charge on any atom is -0.332 e. The van der Waals surface area contributed by atoms with E-state index in [1.54, 1.807) is 0 Å². The highest BCUT2D eigenvalue weighted by Crippen LogP contribution is 2.42. The van der Waals surface area contributed by atoms with Crippen LogP contribution in [0.1, 0.15) is 87.8 Å². The number of rotatable bonds is 3. The van der Waals surface area contributed by atoms with Gasteiger partial charge in [-0.25, -0.2) is 4.98 Å². The van der Waals surface area contributed by atoms with Gasteiger partial charge >= 0.3 is 0 Å². The zero-order chi connectivity index (χ0) is 20.0. The lowest BCUT2D eigenvalue weighted by Crippen LogP contribution is -2.44. The van der Waals surface area contributed by atoms with Crippen molar-refractivity contribution >= 4 is 5.91 Å². The van der Waals surface area contributed by atoms with Gasteiger partial charge in [0, 0.05) is 37.2 Å². The van der Waals surface area contributed by atoms with Crippen LogP contribution in [0.4, 0.5) is 0 Å². The van der Waals surface area contributed by atoms with Crippen molar-refractivity contribution in [2.75, 3.05) is 13.1 Å². The van der Waals surface area contributed by atoms with Crippen LogP contribution in [0.25, 0.3) is 0 Å². The highest BCUT2D eigenvalue weighted by Gasteiger charge is 2.44. The van der Waals surface area contributed by atoms with E-state index in [0.29, 0.717) is 12.0 Å². The molecule has 0 bridgehead atoms. The summed E-state index contributed by atoms with van der Waals surface area (Å²) in [6, 6.07) is 0.581. The third kappa shape index (κ3) is 3.76. The van der Waals surface area contributed by atoms with Crippen molar-refractivity contribution in [3.05, 3.63) is 27.4 Å². The van der Waals surface area contributed by atoms with Gasteiger partial charge in [0.25, 0.3) is 5.56 Å². The van der Waals surface area contributed by atoms with E-state index in [-0.39, 0.29) is 23.4 Å². The predicted octanol–water partition coefficient (Wildman–Crippen LogP) is 3.17. The normalized spacial score (nSPS) is 30.8. The van der Waals surface area contributed by atoms with Gasteiger partial charge in [-0.15, -0.1) is 0 Å². The fraction of sp³-hybridized carbons (Fsp3) is 0.783. The summed E-state index contributed by atoms with van der Waals surface area (Å²) < 4.78 is 0. The van der Waals surface area contributed by atoms with E-state index in [9.17, 15) is 9.59 Å². The largest absolute Gasteiger partial charge is 0.332 e. The van der Waals surface area contributed by atoms with Crippen molar-refractivity contribution in [2.24, 2.45) is 11.8 Å². The van der Waals surface area contributed by atoms with Crippen LogP contribution in [0.3, 0.4) is 0 Å². The first-order valence-corrected chi connectivity index (χ1v) is 11.8. The molecule has 1 N–H and O–H groups in total. The molecule has 6 heteroatoms. The molecule has 3 fully saturated rings. The van der Waals surface area contributed by atoms with Crippen LogP contribution in [-0.2, 0) is 17.8 Å². The topological polar surface area (TPSA) is 69.3 Å². The number of piperidine rings is 1. The average molecular weight is 399 g/mol. The molecule has 0 unspecified atom stereocenters. The molecule has 2 aliphatic heterocycles. The Kier molecular flexibility index (Phi) is 5.23. The van der Waals surface area contributed by atoms with Crippen molar-refractivity contribution < 1.29 is 4.79 Å². The fourth-order valence-electron chi connectivity index (χ4n) is 5.75. The molecular formula is C23H34N4O2. The van der Waals surface area contributed by atoms with E-state index in [1.807, 2.05) is 4.90 Å². The minimum atomic E-state index is -0.0629. The lowest BCUT2D eigenvalue weighted by atomic mass is 9.92. The Morgan fingerprint density at radius 2 is 1.83 bits per heavy atom. The quantitative estimate of drug-likeness (QED) is 0.849. The molecule has 3 heterocycles. The van der Waals surface area contributed by atoms with Crippen molar-refractivity contribution in [3.63, 3.8) is 0 Å². The maximum Gasteiger partial charge on any atom is 0.254 e. The highest BCUT2D eigenvalue weighted by atomic mass is 16.2. The highest BCUT2D eigenvalue weighted by molar-refractivity contribution is 5.82. The lowest BCUT2D eigenvalue weighted by Gasteiger charge is -2.38. The summed E-state index contributed by atoms with van der Waals surface area (Å²) in [5, 5.41) is 0. The minimum absolute atomic E-state index is 0.0195. The van der Waals surface area contributed by atoms with Gasteiger partial charge in [-0.05, 0) is 50.9 Å². The van der Waals surface area contributed by atoms with Crippen LogP contribution in [0, 0.1) is 11.8 Å². The van der Waals surface area contributed by atoms with Crippen LogP contribution >= 0.6 is 0 Å². The van der Waals surface area contributed by atoms with Crippen LogP contribution in [0.2, 0.25) is 0 Å². The van der Waals surface area contributed by atoms with Gasteiger partial charge in [-0.1, -0.05) is 26.2 Å². The number of carbonyl (C=O) groups is 1. The van der Waals surface area contributed by atoms with Crippen LogP contribution in [-0.4, -0.2) is 44.8 Å². The van der Waals surface area contributed by atoms with E-state index in [0.717, 1.165) is 68.8 Å². The second-order valence-corrected chi connectivity index (χ2v) is 9.75. The SMILES string of the molecule is C[C@H]1C[C@H]1C(=O)N1CCCC[C@@H]1c1nc2c(c(=O)[nH]1)CCN(C1CCCCC1)C2. The second kappa shape index (κ2) is 7.86. The Labute approximate surface area is 173 Å². The Balaban J connectivity index is 1.40. The number of fused-ring (bicyclic) bond motifs is 1. The summed E-state index contributed by atoms with van der Waals surface area (Å²) in [4.78, 5) is 38.5. The predicted molar refractivity (Wildman–Crippen MR) is 111 cm³/mol. The fourth-order valence-corrected chi connectivity index (χ4v) is 5.75. The molecule has 4 aliphatic rings. The Morgan fingerprint density at radius 1 is 1.07 bits per heavy atom. The number of hydrogen-bond donors (Lipinski definition) is 1. The van der Waals surface area contributed by atoms with E-state index in [4.69, 9.17) is 4.98 Å². The summed E-state index contributed by atoms with van der Waals surface area (Å²) in [6.07, 6.45) is 11.4. The summed E-state index contributed by atoms with van der Waals surface area (Å²) in [6.45, 7) is 4.70. The van der Waals surface area contributed by atoms with Crippen molar-refractivity contribution in [1.82, 2.24) is 19.8 Å². The average Bonchev–Trinajstić information content (AvgIpc) is 3.50. The summed E-state index contributed by atoms with van der Waals surface area (Å²) in [7, 11) is 0. The van der Waals surface area contributed by atoms with Gasteiger partial charge in [-0.2, -0.15) is 0 Å². The number of aromatic amines is 1. The Hall–Kier alpha value is -1.69. The Morgan fingerprint density at radius 3 is 2.59 bits per heavy atom. The summed E-state index contributed by atoms with van der Waals surface area (Å²) in [5.74, 6) is 1.68. The maximum atomic E-state index is 13.0. The number of carbonyl (C=O) groups excluding carboxylic acids is 1. The van der Waals surface area contributed by atoms with Crippen molar-refractivity contribution in [3.8, 4) is 0 Å². The van der Waals surface area contributed by atoms with E-state index >= 15 is 0 Å². The molecule has 6 nitrogen and oxygen atoms in total. The third-order valence-corrected chi connectivity index (χ3v) is 7.74. The molecule has 29 heavy (non-hydrogen) atoms. The van der Waals surface area contributed by atoms with Gasteiger partial charge < -0.3 is 9.88 Å². The van der Waals surface area contributed by atoms with Gasteiger partial charge in [-0.3, -0.25) is 14.5 Å². The number of aromatic nitrogens is 2. The van der Waals surface area contributed by atoms with Gasteiger partial charge in [0.15, 0.2) is 0 Å². The molecule has 2 saturated carbocycles.